The number of hydrogen-bond donors (Lipinski definition) is 2. The molecule has 0 bridgehead atoms. The average molecular weight is 238 g/mol. The van der Waals surface area contributed by atoms with Crippen LogP contribution in [0.3, 0.4) is 0 Å². The Balaban J connectivity index is 1.99. The highest BCUT2D eigenvalue weighted by Gasteiger charge is 2.69. The predicted molar refractivity (Wildman–Crippen MR) is 67.5 cm³/mol. The van der Waals surface area contributed by atoms with E-state index in [1.807, 2.05) is 13.8 Å². The zero-order valence-corrected chi connectivity index (χ0v) is 11.5. The zero-order valence-electron chi connectivity index (χ0n) is 11.5. The Labute approximate surface area is 104 Å². The van der Waals surface area contributed by atoms with Crippen LogP contribution in [0, 0.1) is 29.1 Å². The van der Waals surface area contributed by atoms with E-state index in [-0.39, 0.29) is 0 Å². The lowest BCUT2D eigenvalue weighted by molar-refractivity contribution is -0.0663. The second-order valence-electron chi connectivity index (χ2n) is 7.88. The van der Waals surface area contributed by atoms with E-state index in [1.165, 1.54) is 0 Å². The lowest BCUT2D eigenvalue weighted by atomic mass is 9.73. The second kappa shape index (κ2) is 3.08. The summed E-state index contributed by atoms with van der Waals surface area (Å²) in [6.45, 7) is 8.66. The van der Waals surface area contributed by atoms with Gasteiger partial charge in [-0.15, -0.1) is 0 Å². The Hall–Kier alpha value is -0.0800. The molecule has 0 heterocycles. The second-order valence-corrected chi connectivity index (χ2v) is 7.88. The summed E-state index contributed by atoms with van der Waals surface area (Å²) in [6.07, 6.45) is 3.89. The van der Waals surface area contributed by atoms with Crippen molar-refractivity contribution in [1.29, 1.82) is 0 Å². The van der Waals surface area contributed by atoms with Crippen molar-refractivity contribution in [1.82, 2.24) is 0 Å². The molecule has 3 fully saturated rings. The number of hydrogen-bond acceptors (Lipinski definition) is 2. The van der Waals surface area contributed by atoms with E-state index in [9.17, 15) is 10.2 Å². The standard InChI is InChI=1S/C15H26O2/c1-13(2)9-5-7-14(3,16)10-6-8-15(4,17)12(10)11(9)13/h9-12,16-17H,5-8H2,1-4H3/t9?,10?,11?,12?,14-,15-/m0/s1. The van der Waals surface area contributed by atoms with E-state index in [1.54, 1.807) is 0 Å². The molecule has 3 saturated carbocycles. The van der Waals surface area contributed by atoms with Gasteiger partial charge in [-0.05, 0) is 68.6 Å². The minimum atomic E-state index is -0.561. The van der Waals surface area contributed by atoms with Gasteiger partial charge in [0.15, 0.2) is 0 Å². The Morgan fingerprint density at radius 3 is 1.94 bits per heavy atom. The van der Waals surface area contributed by atoms with Gasteiger partial charge in [0, 0.05) is 0 Å². The van der Waals surface area contributed by atoms with Crippen LogP contribution in [0.5, 0.6) is 0 Å². The maximum atomic E-state index is 10.7. The fourth-order valence-corrected chi connectivity index (χ4v) is 5.25. The van der Waals surface area contributed by atoms with Crippen LogP contribution in [0.2, 0.25) is 0 Å². The molecular formula is C15H26O2. The summed E-state index contributed by atoms with van der Waals surface area (Å²) >= 11 is 0. The minimum Gasteiger partial charge on any atom is -0.390 e. The summed E-state index contributed by atoms with van der Waals surface area (Å²) in [5.41, 5.74) is -0.738. The SMILES string of the molecule is CC1(C)C2CC[C@](C)(O)C3CC[C@](C)(O)C3C21. The summed E-state index contributed by atoms with van der Waals surface area (Å²) < 4.78 is 0. The molecule has 3 aliphatic rings. The van der Waals surface area contributed by atoms with Gasteiger partial charge in [0.1, 0.15) is 0 Å². The molecule has 3 aliphatic carbocycles. The van der Waals surface area contributed by atoms with Crippen LogP contribution in [-0.2, 0) is 0 Å². The molecule has 0 amide bonds. The average Bonchev–Trinajstić information content (AvgIpc) is 2.59. The van der Waals surface area contributed by atoms with E-state index in [0.717, 1.165) is 25.7 Å². The van der Waals surface area contributed by atoms with Crippen molar-refractivity contribution in [3.63, 3.8) is 0 Å². The Bertz CT molecular complexity index is 343. The van der Waals surface area contributed by atoms with Crippen LogP contribution in [0.15, 0.2) is 0 Å². The molecule has 2 N–H and O–H groups in total. The van der Waals surface area contributed by atoms with Crippen molar-refractivity contribution in [3.05, 3.63) is 0 Å². The monoisotopic (exact) mass is 238 g/mol. The molecule has 0 spiro atoms. The van der Waals surface area contributed by atoms with Gasteiger partial charge in [-0.1, -0.05) is 13.8 Å². The highest BCUT2D eigenvalue weighted by atomic mass is 16.3. The van der Waals surface area contributed by atoms with Crippen LogP contribution in [0.4, 0.5) is 0 Å². The number of rotatable bonds is 0. The molecule has 6 atom stereocenters. The topological polar surface area (TPSA) is 40.5 Å². The first-order valence-electron chi connectivity index (χ1n) is 7.13. The summed E-state index contributed by atoms with van der Waals surface area (Å²) in [5, 5.41) is 21.3. The maximum Gasteiger partial charge on any atom is 0.0654 e. The quantitative estimate of drug-likeness (QED) is 0.681. The smallest absolute Gasteiger partial charge is 0.0654 e. The number of fused-ring (bicyclic) bond motifs is 3. The van der Waals surface area contributed by atoms with Crippen molar-refractivity contribution in [3.8, 4) is 0 Å². The Morgan fingerprint density at radius 1 is 0.765 bits per heavy atom. The highest BCUT2D eigenvalue weighted by molar-refractivity contribution is 5.18. The van der Waals surface area contributed by atoms with Crippen LogP contribution >= 0.6 is 0 Å². The van der Waals surface area contributed by atoms with Crippen LogP contribution < -0.4 is 0 Å². The van der Waals surface area contributed by atoms with E-state index in [2.05, 4.69) is 13.8 Å². The predicted octanol–water partition coefficient (Wildman–Crippen LogP) is 2.58. The van der Waals surface area contributed by atoms with Gasteiger partial charge in [0.05, 0.1) is 11.2 Å². The van der Waals surface area contributed by atoms with Crippen LogP contribution in [0.1, 0.15) is 53.4 Å². The maximum absolute atomic E-state index is 10.7. The highest BCUT2D eigenvalue weighted by Crippen LogP contribution is 2.71. The van der Waals surface area contributed by atoms with Gasteiger partial charge in [-0.25, -0.2) is 0 Å². The van der Waals surface area contributed by atoms with Crippen LogP contribution in [-0.4, -0.2) is 21.4 Å². The Kier molecular flexibility index (Phi) is 2.17. The van der Waals surface area contributed by atoms with Crippen molar-refractivity contribution in [2.24, 2.45) is 29.1 Å². The van der Waals surface area contributed by atoms with Crippen molar-refractivity contribution in [2.45, 2.75) is 64.6 Å². The fourth-order valence-electron chi connectivity index (χ4n) is 5.25. The molecule has 3 rings (SSSR count). The van der Waals surface area contributed by atoms with E-state index in [0.29, 0.717) is 29.1 Å². The van der Waals surface area contributed by atoms with Crippen molar-refractivity contribution < 1.29 is 10.2 Å². The molecule has 0 aromatic rings. The lowest BCUT2D eigenvalue weighted by Gasteiger charge is -2.37. The molecule has 0 aromatic carbocycles. The summed E-state index contributed by atoms with van der Waals surface area (Å²) in [7, 11) is 0. The van der Waals surface area contributed by atoms with Gasteiger partial charge in [0.25, 0.3) is 0 Å². The van der Waals surface area contributed by atoms with E-state index < -0.39 is 11.2 Å². The normalized spacial score (nSPS) is 60.4. The molecule has 0 aliphatic heterocycles. The molecule has 0 radical (unpaired) electrons. The third-order valence-electron chi connectivity index (χ3n) is 6.40. The molecule has 4 unspecified atom stereocenters. The van der Waals surface area contributed by atoms with E-state index in [4.69, 9.17) is 0 Å². The molecular weight excluding hydrogens is 212 g/mol. The van der Waals surface area contributed by atoms with Gasteiger partial charge < -0.3 is 10.2 Å². The lowest BCUT2D eigenvalue weighted by Crippen LogP contribution is -2.43. The van der Waals surface area contributed by atoms with Crippen molar-refractivity contribution >= 4 is 0 Å². The molecule has 0 aromatic heterocycles. The van der Waals surface area contributed by atoms with Gasteiger partial charge >= 0.3 is 0 Å². The molecule has 98 valence electrons. The first kappa shape index (κ1) is 12.0. The summed E-state index contributed by atoms with van der Waals surface area (Å²) in [5.74, 6) is 1.95. The fraction of sp³-hybridized carbons (Fsp3) is 1.00. The third-order valence-corrected chi connectivity index (χ3v) is 6.40. The minimum absolute atomic E-state index is 0.300. The van der Waals surface area contributed by atoms with Crippen molar-refractivity contribution in [2.75, 3.05) is 0 Å². The largest absolute Gasteiger partial charge is 0.390 e. The van der Waals surface area contributed by atoms with Gasteiger partial charge in [-0.2, -0.15) is 0 Å². The van der Waals surface area contributed by atoms with Crippen LogP contribution in [0.25, 0.3) is 0 Å². The summed E-state index contributed by atoms with van der Waals surface area (Å²) in [4.78, 5) is 0. The third kappa shape index (κ3) is 1.46. The summed E-state index contributed by atoms with van der Waals surface area (Å²) in [6, 6.07) is 0. The molecule has 17 heavy (non-hydrogen) atoms. The molecule has 0 saturated heterocycles. The number of aliphatic hydroxyl groups is 2. The van der Waals surface area contributed by atoms with Gasteiger partial charge in [-0.3, -0.25) is 0 Å². The first-order valence-corrected chi connectivity index (χ1v) is 7.13. The van der Waals surface area contributed by atoms with Gasteiger partial charge in [0.2, 0.25) is 0 Å². The first-order chi connectivity index (χ1) is 7.68. The molecule has 2 nitrogen and oxygen atoms in total. The van der Waals surface area contributed by atoms with E-state index >= 15 is 0 Å². The molecule has 2 heteroatoms. The zero-order chi connectivity index (χ0) is 12.6. The Morgan fingerprint density at radius 2 is 1.29 bits per heavy atom.